The monoisotopic (exact) mass is 297 g/mol. The van der Waals surface area contributed by atoms with Crippen LogP contribution in [0.3, 0.4) is 0 Å². The molecule has 1 heterocycles. The zero-order chi connectivity index (χ0) is 14.8. The van der Waals surface area contributed by atoms with Gasteiger partial charge in [-0.3, -0.25) is 4.72 Å². The van der Waals surface area contributed by atoms with Crippen molar-refractivity contribution in [3.05, 3.63) is 36.2 Å². The van der Waals surface area contributed by atoms with Gasteiger partial charge in [0.2, 0.25) is 0 Å². The number of ether oxygens (including phenoxy) is 1. The highest BCUT2D eigenvalue weighted by atomic mass is 32.2. The van der Waals surface area contributed by atoms with E-state index in [1.165, 1.54) is 24.4 Å². The largest absolute Gasteiger partial charge is 0.465 e. The molecule has 8 nitrogen and oxygen atoms in total. The fraction of sp³-hybridized carbons (Fsp3) is 0.0909. The number of methoxy groups -OCH3 is 1. The van der Waals surface area contributed by atoms with Gasteiger partial charge in [-0.1, -0.05) is 5.16 Å². The van der Waals surface area contributed by atoms with Gasteiger partial charge in [0.25, 0.3) is 10.0 Å². The van der Waals surface area contributed by atoms with Crippen LogP contribution in [0.4, 0.5) is 11.4 Å². The van der Waals surface area contributed by atoms with E-state index in [0.717, 1.165) is 13.4 Å². The molecular formula is C11H11N3O5S. The average molecular weight is 297 g/mol. The van der Waals surface area contributed by atoms with Gasteiger partial charge < -0.3 is 15.0 Å². The van der Waals surface area contributed by atoms with Gasteiger partial charge in [-0.15, -0.1) is 0 Å². The van der Waals surface area contributed by atoms with Crippen LogP contribution in [-0.4, -0.2) is 26.7 Å². The minimum absolute atomic E-state index is 0.137. The third-order valence-corrected chi connectivity index (χ3v) is 3.82. The number of hydrogen-bond acceptors (Lipinski definition) is 7. The normalized spacial score (nSPS) is 11.1. The Morgan fingerprint density at radius 1 is 1.45 bits per heavy atom. The lowest BCUT2D eigenvalue weighted by Gasteiger charge is -2.10. The van der Waals surface area contributed by atoms with Gasteiger partial charge in [0.15, 0.2) is 0 Å². The predicted octanol–water partition coefficient (Wildman–Crippen LogP) is 0.844. The Balaban J connectivity index is 2.48. The van der Waals surface area contributed by atoms with Gasteiger partial charge in [-0.25, -0.2) is 13.2 Å². The molecule has 1 aromatic heterocycles. The molecule has 0 bridgehead atoms. The molecular weight excluding hydrogens is 286 g/mol. The molecule has 0 fully saturated rings. The maximum Gasteiger partial charge on any atom is 0.339 e. The van der Waals surface area contributed by atoms with Crippen molar-refractivity contribution in [3.8, 4) is 0 Å². The van der Waals surface area contributed by atoms with Crippen molar-refractivity contribution in [3.63, 3.8) is 0 Å². The van der Waals surface area contributed by atoms with E-state index in [-0.39, 0.29) is 21.8 Å². The molecule has 2 aromatic rings. The minimum Gasteiger partial charge on any atom is -0.465 e. The number of rotatable bonds is 4. The molecule has 0 saturated carbocycles. The number of nitrogens with two attached hydrogens (primary N) is 1. The number of carbonyl (C=O) groups is 1. The molecule has 20 heavy (non-hydrogen) atoms. The van der Waals surface area contributed by atoms with Gasteiger partial charge >= 0.3 is 5.97 Å². The number of esters is 1. The molecule has 0 amide bonds. The van der Waals surface area contributed by atoms with E-state index in [2.05, 4.69) is 19.1 Å². The average Bonchev–Trinajstić information content (AvgIpc) is 2.89. The molecule has 0 saturated heterocycles. The number of aromatic nitrogens is 1. The van der Waals surface area contributed by atoms with Crippen molar-refractivity contribution in [2.24, 2.45) is 0 Å². The Morgan fingerprint density at radius 2 is 2.20 bits per heavy atom. The highest BCUT2D eigenvalue weighted by Crippen LogP contribution is 2.22. The van der Waals surface area contributed by atoms with Crippen molar-refractivity contribution in [1.29, 1.82) is 0 Å². The first-order chi connectivity index (χ1) is 9.44. The fourth-order valence-corrected chi connectivity index (χ4v) is 2.72. The van der Waals surface area contributed by atoms with E-state index in [0.29, 0.717) is 0 Å². The molecule has 3 N–H and O–H groups in total. The van der Waals surface area contributed by atoms with Crippen LogP contribution in [0, 0.1) is 0 Å². The van der Waals surface area contributed by atoms with E-state index < -0.39 is 16.0 Å². The summed E-state index contributed by atoms with van der Waals surface area (Å²) < 4.78 is 35.7. The molecule has 9 heteroatoms. The molecule has 0 spiro atoms. The highest BCUT2D eigenvalue weighted by Gasteiger charge is 2.23. The smallest absolute Gasteiger partial charge is 0.339 e. The molecule has 0 aliphatic carbocycles. The Labute approximate surface area is 114 Å². The third-order valence-electron chi connectivity index (χ3n) is 2.38. The third kappa shape index (κ3) is 2.72. The van der Waals surface area contributed by atoms with Gasteiger partial charge in [0, 0.05) is 5.69 Å². The quantitative estimate of drug-likeness (QED) is 0.633. The number of hydrogen-bond donors (Lipinski definition) is 2. The summed E-state index contributed by atoms with van der Waals surface area (Å²) in [4.78, 5) is 11.4. The van der Waals surface area contributed by atoms with Crippen LogP contribution >= 0.6 is 0 Å². The number of nitrogen functional groups attached to an aromatic ring is 1. The first-order valence-electron chi connectivity index (χ1n) is 5.34. The second-order valence-corrected chi connectivity index (χ2v) is 5.42. The minimum atomic E-state index is -3.99. The molecule has 2 rings (SSSR count). The standard InChI is InChI=1S/C11H11N3O5S/c1-18-11(15)9-4-7(12)2-3-10(9)20(16,17)14-8-5-13-19-6-8/h2-6,14H,12H2,1H3. The van der Waals surface area contributed by atoms with E-state index in [1.807, 2.05) is 0 Å². The summed E-state index contributed by atoms with van der Waals surface area (Å²) in [7, 11) is -2.84. The lowest BCUT2D eigenvalue weighted by atomic mass is 10.2. The number of carbonyl (C=O) groups excluding carboxylic acids is 1. The first kappa shape index (κ1) is 13.9. The fourth-order valence-electron chi connectivity index (χ4n) is 1.52. The Kier molecular flexibility index (Phi) is 3.61. The summed E-state index contributed by atoms with van der Waals surface area (Å²) in [5.41, 5.74) is 5.78. The van der Waals surface area contributed by atoms with Crippen LogP contribution in [-0.2, 0) is 14.8 Å². The van der Waals surface area contributed by atoms with Crippen LogP contribution in [0.5, 0.6) is 0 Å². The second kappa shape index (κ2) is 5.21. The first-order valence-corrected chi connectivity index (χ1v) is 6.82. The predicted molar refractivity (Wildman–Crippen MR) is 69.5 cm³/mol. The Bertz CT molecular complexity index is 725. The van der Waals surface area contributed by atoms with Gasteiger partial charge in [0.1, 0.15) is 16.8 Å². The van der Waals surface area contributed by atoms with Crippen molar-refractivity contribution in [2.45, 2.75) is 4.90 Å². The van der Waals surface area contributed by atoms with Crippen LogP contribution in [0.15, 0.2) is 40.1 Å². The van der Waals surface area contributed by atoms with Crippen LogP contribution in [0.2, 0.25) is 0 Å². The van der Waals surface area contributed by atoms with E-state index in [9.17, 15) is 13.2 Å². The lowest BCUT2D eigenvalue weighted by Crippen LogP contribution is -2.17. The van der Waals surface area contributed by atoms with Gasteiger partial charge in [0.05, 0.1) is 18.9 Å². The number of nitrogens with zero attached hydrogens (tertiary/aromatic N) is 1. The summed E-state index contributed by atoms with van der Waals surface area (Å²) >= 11 is 0. The number of nitrogens with one attached hydrogen (secondary N) is 1. The van der Waals surface area contributed by atoms with Crippen molar-refractivity contribution in [1.82, 2.24) is 5.16 Å². The van der Waals surface area contributed by atoms with Crippen LogP contribution in [0.1, 0.15) is 10.4 Å². The van der Waals surface area contributed by atoms with Crippen molar-refractivity contribution >= 4 is 27.4 Å². The van der Waals surface area contributed by atoms with Gasteiger partial charge in [-0.05, 0) is 18.2 Å². The maximum atomic E-state index is 12.2. The number of anilines is 2. The van der Waals surface area contributed by atoms with Crippen LogP contribution < -0.4 is 10.5 Å². The number of sulfonamides is 1. The topological polar surface area (TPSA) is 125 Å². The molecule has 106 valence electrons. The molecule has 0 atom stereocenters. The Hall–Kier alpha value is -2.55. The summed E-state index contributed by atoms with van der Waals surface area (Å²) in [6, 6.07) is 3.82. The van der Waals surface area contributed by atoms with E-state index in [1.54, 1.807) is 0 Å². The summed E-state index contributed by atoms with van der Waals surface area (Å²) in [5.74, 6) is -0.803. The number of benzene rings is 1. The summed E-state index contributed by atoms with van der Waals surface area (Å²) in [5, 5.41) is 3.37. The maximum absolute atomic E-state index is 12.2. The summed E-state index contributed by atoms with van der Waals surface area (Å²) in [6.07, 6.45) is 2.30. The molecule has 0 aliphatic rings. The Morgan fingerprint density at radius 3 is 2.80 bits per heavy atom. The van der Waals surface area contributed by atoms with E-state index >= 15 is 0 Å². The van der Waals surface area contributed by atoms with Crippen molar-refractivity contribution < 1.29 is 22.5 Å². The van der Waals surface area contributed by atoms with E-state index in [4.69, 9.17) is 5.73 Å². The van der Waals surface area contributed by atoms with Crippen molar-refractivity contribution in [2.75, 3.05) is 17.6 Å². The molecule has 0 unspecified atom stereocenters. The zero-order valence-corrected chi connectivity index (χ0v) is 11.2. The zero-order valence-electron chi connectivity index (χ0n) is 10.4. The molecule has 0 radical (unpaired) electrons. The highest BCUT2D eigenvalue weighted by molar-refractivity contribution is 7.92. The summed E-state index contributed by atoms with van der Waals surface area (Å²) in [6.45, 7) is 0. The van der Waals surface area contributed by atoms with Crippen LogP contribution in [0.25, 0.3) is 0 Å². The lowest BCUT2D eigenvalue weighted by molar-refractivity contribution is 0.0596. The van der Waals surface area contributed by atoms with Gasteiger partial charge in [-0.2, -0.15) is 0 Å². The molecule has 0 aliphatic heterocycles. The second-order valence-electron chi connectivity index (χ2n) is 3.77. The SMILES string of the molecule is COC(=O)c1cc(N)ccc1S(=O)(=O)Nc1cnoc1. The molecule has 1 aromatic carbocycles.